The van der Waals surface area contributed by atoms with Crippen molar-refractivity contribution in [1.29, 1.82) is 0 Å². The lowest BCUT2D eigenvalue weighted by Crippen LogP contribution is -2.52. The number of hydrogen-bond acceptors (Lipinski definition) is 3. The summed E-state index contributed by atoms with van der Waals surface area (Å²) in [6, 6.07) is 2.31. The summed E-state index contributed by atoms with van der Waals surface area (Å²) in [5.41, 5.74) is -0.682. The van der Waals surface area contributed by atoms with Gasteiger partial charge in [0.2, 0.25) is 5.91 Å². The van der Waals surface area contributed by atoms with Gasteiger partial charge in [0.25, 0.3) is 5.91 Å². The third kappa shape index (κ3) is 6.05. The molecule has 0 saturated heterocycles. The number of ether oxygens (including phenoxy) is 1. The van der Waals surface area contributed by atoms with Crippen molar-refractivity contribution in [3.63, 3.8) is 0 Å². The molecule has 0 aliphatic heterocycles. The first-order chi connectivity index (χ1) is 12.2. The van der Waals surface area contributed by atoms with Gasteiger partial charge in [-0.1, -0.05) is 33.8 Å². The van der Waals surface area contributed by atoms with Crippen LogP contribution < -0.4 is 5.32 Å². The highest BCUT2D eigenvalue weighted by Gasteiger charge is 2.30. The highest BCUT2D eigenvalue weighted by molar-refractivity contribution is 5.98. The minimum atomic E-state index is -0.962. The summed E-state index contributed by atoms with van der Waals surface area (Å²) in [6.07, 6.45) is 0. The van der Waals surface area contributed by atoms with Crippen LogP contribution in [0.3, 0.4) is 0 Å². The number of halogens is 2. The Bertz CT molecular complexity index is 601. The van der Waals surface area contributed by atoms with Crippen molar-refractivity contribution in [2.45, 2.75) is 33.7 Å². The molecular formula is C19H28F2N2O3. The van der Waals surface area contributed by atoms with Gasteiger partial charge in [-0.2, -0.15) is 0 Å². The topological polar surface area (TPSA) is 58.6 Å². The molecule has 0 fully saturated rings. The molecule has 146 valence electrons. The number of nitrogens with zero attached hydrogens (tertiary/aromatic N) is 1. The number of nitrogens with one attached hydrogen (secondary N) is 1. The van der Waals surface area contributed by atoms with Crippen LogP contribution in [0, 0.1) is 23.5 Å². The average molecular weight is 370 g/mol. The van der Waals surface area contributed by atoms with Gasteiger partial charge < -0.3 is 15.0 Å². The summed E-state index contributed by atoms with van der Waals surface area (Å²) in [5.74, 6) is -3.19. The number of carbonyl (C=O) groups excluding carboxylic acids is 2. The number of rotatable bonds is 9. The lowest BCUT2D eigenvalue weighted by molar-refractivity contribution is -0.135. The standard InChI is InChI=1S/C19H28F2N2O3/c1-12(2)11-23(9-10-26-5)19(25)17(13(3)4)22-18(24)16-14(20)7-6-8-15(16)21/h6-8,12-13,17H,9-11H2,1-5H3,(H,22,24). The van der Waals surface area contributed by atoms with Crippen molar-refractivity contribution in [3.05, 3.63) is 35.4 Å². The van der Waals surface area contributed by atoms with Crippen LogP contribution in [-0.4, -0.2) is 49.6 Å². The molecule has 26 heavy (non-hydrogen) atoms. The molecule has 1 rings (SSSR count). The third-order valence-corrected chi connectivity index (χ3v) is 3.87. The van der Waals surface area contributed by atoms with Gasteiger partial charge in [-0.3, -0.25) is 9.59 Å². The van der Waals surface area contributed by atoms with E-state index in [1.54, 1.807) is 25.9 Å². The van der Waals surface area contributed by atoms with E-state index in [9.17, 15) is 18.4 Å². The molecule has 0 spiro atoms. The predicted molar refractivity (Wildman–Crippen MR) is 95.7 cm³/mol. The van der Waals surface area contributed by atoms with Crippen LogP contribution in [0.25, 0.3) is 0 Å². The molecule has 7 heteroatoms. The Kier molecular flexibility index (Phi) is 8.65. The van der Waals surface area contributed by atoms with E-state index in [-0.39, 0.29) is 17.7 Å². The summed E-state index contributed by atoms with van der Waals surface area (Å²) in [6.45, 7) is 8.72. The minimum absolute atomic E-state index is 0.225. The Hall–Kier alpha value is -2.02. The van der Waals surface area contributed by atoms with Gasteiger partial charge in [0.1, 0.15) is 23.2 Å². The fourth-order valence-corrected chi connectivity index (χ4v) is 2.57. The molecule has 1 unspecified atom stereocenters. The Morgan fingerprint density at radius 1 is 1.15 bits per heavy atom. The zero-order valence-electron chi connectivity index (χ0n) is 16.0. The molecule has 0 saturated carbocycles. The van der Waals surface area contributed by atoms with Gasteiger partial charge in [-0.15, -0.1) is 0 Å². The van der Waals surface area contributed by atoms with Gasteiger partial charge in [0.15, 0.2) is 0 Å². The maximum Gasteiger partial charge on any atom is 0.257 e. The van der Waals surface area contributed by atoms with Crippen LogP contribution in [0.2, 0.25) is 0 Å². The van der Waals surface area contributed by atoms with Crippen LogP contribution in [0.15, 0.2) is 18.2 Å². The largest absolute Gasteiger partial charge is 0.383 e. The SMILES string of the molecule is COCCN(CC(C)C)C(=O)C(NC(=O)c1c(F)cccc1F)C(C)C. The van der Waals surface area contributed by atoms with E-state index in [0.29, 0.717) is 19.7 Å². The van der Waals surface area contributed by atoms with E-state index >= 15 is 0 Å². The highest BCUT2D eigenvalue weighted by atomic mass is 19.1. The van der Waals surface area contributed by atoms with E-state index < -0.39 is 29.1 Å². The molecule has 5 nitrogen and oxygen atoms in total. The molecule has 1 N–H and O–H groups in total. The normalized spacial score (nSPS) is 12.3. The first-order valence-corrected chi connectivity index (χ1v) is 8.71. The summed E-state index contributed by atoms with van der Waals surface area (Å²) in [7, 11) is 1.54. The Labute approximate surface area is 153 Å². The Balaban J connectivity index is 3.02. The second kappa shape index (κ2) is 10.2. The molecule has 0 heterocycles. The second-order valence-electron chi connectivity index (χ2n) is 6.96. The lowest BCUT2D eigenvalue weighted by Gasteiger charge is -2.31. The summed E-state index contributed by atoms with van der Waals surface area (Å²) in [5, 5.41) is 2.49. The van der Waals surface area contributed by atoms with E-state index in [4.69, 9.17) is 4.74 Å². The Morgan fingerprint density at radius 2 is 1.73 bits per heavy atom. The van der Waals surface area contributed by atoms with Crippen LogP contribution in [0.1, 0.15) is 38.1 Å². The van der Waals surface area contributed by atoms with Crippen LogP contribution in [0.5, 0.6) is 0 Å². The number of hydrogen-bond donors (Lipinski definition) is 1. The number of carbonyl (C=O) groups is 2. The minimum Gasteiger partial charge on any atom is -0.383 e. The molecule has 1 aromatic carbocycles. The zero-order valence-corrected chi connectivity index (χ0v) is 16.0. The molecule has 2 amide bonds. The molecular weight excluding hydrogens is 342 g/mol. The molecule has 0 bridgehead atoms. The van der Waals surface area contributed by atoms with Crippen LogP contribution in [0.4, 0.5) is 8.78 Å². The maximum atomic E-state index is 13.8. The maximum absolute atomic E-state index is 13.8. The molecule has 0 radical (unpaired) electrons. The van der Waals surface area contributed by atoms with Gasteiger partial charge in [-0.05, 0) is 24.0 Å². The van der Waals surface area contributed by atoms with Gasteiger partial charge in [0, 0.05) is 20.2 Å². The van der Waals surface area contributed by atoms with Crippen molar-refractivity contribution in [1.82, 2.24) is 10.2 Å². The smallest absolute Gasteiger partial charge is 0.257 e. The third-order valence-electron chi connectivity index (χ3n) is 3.87. The predicted octanol–water partition coefficient (Wildman–Crippen LogP) is 2.85. The molecule has 0 aromatic heterocycles. The molecule has 1 aromatic rings. The number of benzene rings is 1. The summed E-state index contributed by atoms with van der Waals surface area (Å²) in [4.78, 5) is 26.9. The van der Waals surface area contributed by atoms with Crippen LogP contribution in [-0.2, 0) is 9.53 Å². The monoisotopic (exact) mass is 370 g/mol. The zero-order chi connectivity index (χ0) is 19.9. The lowest BCUT2D eigenvalue weighted by atomic mass is 10.0. The number of methoxy groups -OCH3 is 1. The quantitative estimate of drug-likeness (QED) is 0.727. The second-order valence-corrected chi connectivity index (χ2v) is 6.96. The fourth-order valence-electron chi connectivity index (χ4n) is 2.57. The van der Waals surface area contributed by atoms with Gasteiger partial charge in [-0.25, -0.2) is 8.78 Å². The molecule has 0 aliphatic rings. The first kappa shape index (κ1) is 22.0. The van der Waals surface area contributed by atoms with E-state index in [0.717, 1.165) is 12.1 Å². The van der Waals surface area contributed by atoms with Crippen molar-refractivity contribution >= 4 is 11.8 Å². The van der Waals surface area contributed by atoms with Crippen molar-refractivity contribution < 1.29 is 23.1 Å². The van der Waals surface area contributed by atoms with Crippen molar-refractivity contribution in [2.24, 2.45) is 11.8 Å². The average Bonchev–Trinajstić information content (AvgIpc) is 2.55. The summed E-state index contributed by atoms with van der Waals surface area (Å²) >= 11 is 0. The fraction of sp³-hybridized carbons (Fsp3) is 0.579. The molecule has 0 aliphatic carbocycles. The molecule has 1 atom stereocenters. The van der Waals surface area contributed by atoms with E-state index in [1.807, 2.05) is 13.8 Å². The van der Waals surface area contributed by atoms with Gasteiger partial charge >= 0.3 is 0 Å². The van der Waals surface area contributed by atoms with E-state index in [2.05, 4.69) is 5.32 Å². The Morgan fingerprint density at radius 3 is 2.19 bits per heavy atom. The van der Waals surface area contributed by atoms with Crippen LogP contribution >= 0.6 is 0 Å². The van der Waals surface area contributed by atoms with E-state index in [1.165, 1.54) is 6.07 Å². The number of amides is 2. The first-order valence-electron chi connectivity index (χ1n) is 8.71. The van der Waals surface area contributed by atoms with Crippen molar-refractivity contribution in [2.75, 3.05) is 26.8 Å². The van der Waals surface area contributed by atoms with Crippen molar-refractivity contribution in [3.8, 4) is 0 Å². The highest BCUT2D eigenvalue weighted by Crippen LogP contribution is 2.14. The van der Waals surface area contributed by atoms with Gasteiger partial charge in [0.05, 0.1) is 6.61 Å². The summed E-state index contributed by atoms with van der Waals surface area (Å²) < 4.78 is 32.7.